The Morgan fingerprint density at radius 1 is 1.38 bits per heavy atom. The van der Waals surface area contributed by atoms with Crippen LogP contribution < -0.4 is 4.74 Å². The van der Waals surface area contributed by atoms with Crippen molar-refractivity contribution in [2.24, 2.45) is 0 Å². The molecule has 1 N–H and O–H groups in total. The van der Waals surface area contributed by atoms with Crippen molar-refractivity contribution in [2.75, 3.05) is 13.1 Å². The fourth-order valence-corrected chi connectivity index (χ4v) is 2.55. The van der Waals surface area contributed by atoms with Gasteiger partial charge < -0.3 is 19.3 Å². The second kappa shape index (κ2) is 7.96. The summed E-state index contributed by atoms with van der Waals surface area (Å²) in [5.74, 6) is -0.260. The van der Waals surface area contributed by atoms with E-state index < -0.39 is 5.97 Å². The molecule has 0 saturated heterocycles. The van der Waals surface area contributed by atoms with Crippen LogP contribution in [0.1, 0.15) is 28.7 Å². The summed E-state index contributed by atoms with van der Waals surface area (Å²) in [5, 5.41) is 12.6. The molecular weight excluding hydrogens is 380 g/mol. The molecule has 0 radical (unpaired) electrons. The van der Waals surface area contributed by atoms with Crippen LogP contribution in [0.15, 0.2) is 33.3 Å². The number of carboxylic acids is 1. The summed E-state index contributed by atoms with van der Waals surface area (Å²) in [4.78, 5) is 24.4. The Morgan fingerprint density at radius 2 is 2.12 bits per heavy atom. The van der Waals surface area contributed by atoms with Crippen molar-refractivity contribution in [3.05, 3.63) is 45.8 Å². The maximum Gasteiger partial charge on any atom is 0.323 e. The standard InChI is InChI=1S/C16H17BrN2O5/c1-3-19(8-15(20)21)16(22)11-4-5-14(13(17)7-11)23-9-12-6-10(2)18-24-12/h4-7H,3,8-9H2,1-2H3,(H,20,21). The Hall–Kier alpha value is -2.35. The molecule has 1 aromatic carbocycles. The van der Waals surface area contributed by atoms with Crippen LogP contribution in [-0.2, 0) is 11.4 Å². The molecule has 2 rings (SSSR count). The van der Waals surface area contributed by atoms with Gasteiger partial charge in [-0.15, -0.1) is 0 Å². The highest BCUT2D eigenvalue weighted by Gasteiger charge is 2.18. The second-order valence-corrected chi connectivity index (χ2v) is 5.94. The molecule has 24 heavy (non-hydrogen) atoms. The lowest BCUT2D eigenvalue weighted by Gasteiger charge is -2.19. The molecule has 2 aromatic rings. The molecule has 1 aromatic heterocycles. The van der Waals surface area contributed by atoms with Crippen molar-refractivity contribution in [3.8, 4) is 5.75 Å². The van der Waals surface area contributed by atoms with Gasteiger partial charge in [0, 0.05) is 18.2 Å². The molecular formula is C16H17BrN2O5. The van der Waals surface area contributed by atoms with E-state index in [2.05, 4.69) is 21.1 Å². The Labute approximate surface area is 147 Å². The summed E-state index contributed by atoms with van der Waals surface area (Å²) in [5.41, 5.74) is 1.15. The summed E-state index contributed by atoms with van der Waals surface area (Å²) in [7, 11) is 0. The number of benzene rings is 1. The number of likely N-dealkylation sites (N-methyl/N-ethyl adjacent to an activating group) is 1. The summed E-state index contributed by atoms with van der Waals surface area (Å²) >= 11 is 3.36. The number of halogens is 1. The fraction of sp³-hybridized carbons (Fsp3) is 0.312. The second-order valence-electron chi connectivity index (χ2n) is 5.08. The van der Waals surface area contributed by atoms with Crippen molar-refractivity contribution in [1.29, 1.82) is 0 Å². The third kappa shape index (κ3) is 4.58. The molecule has 1 amide bonds. The maximum atomic E-state index is 12.3. The number of aryl methyl sites for hydroxylation is 1. The number of carbonyl (C=O) groups excluding carboxylic acids is 1. The predicted molar refractivity (Wildman–Crippen MR) is 88.9 cm³/mol. The Kier molecular flexibility index (Phi) is 5.97. The number of hydrogen-bond acceptors (Lipinski definition) is 5. The Morgan fingerprint density at radius 3 is 2.67 bits per heavy atom. The van der Waals surface area contributed by atoms with E-state index in [1.165, 1.54) is 4.90 Å². The normalized spacial score (nSPS) is 10.5. The summed E-state index contributed by atoms with van der Waals surface area (Å²) in [6, 6.07) is 6.62. The van der Waals surface area contributed by atoms with Crippen LogP contribution in [-0.4, -0.2) is 40.1 Å². The zero-order valence-corrected chi connectivity index (χ0v) is 14.9. The number of aromatic nitrogens is 1. The van der Waals surface area contributed by atoms with Gasteiger partial charge in [0.2, 0.25) is 0 Å². The highest BCUT2D eigenvalue weighted by molar-refractivity contribution is 9.10. The van der Waals surface area contributed by atoms with Gasteiger partial charge in [-0.3, -0.25) is 9.59 Å². The molecule has 0 atom stereocenters. The largest absolute Gasteiger partial charge is 0.484 e. The molecule has 0 saturated carbocycles. The van der Waals surface area contributed by atoms with Crippen molar-refractivity contribution in [1.82, 2.24) is 10.1 Å². The Bertz CT molecular complexity index is 744. The third-order valence-corrected chi connectivity index (χ3v) is 3.84. The molecule has 128 valence electrons. The summed E-state index contributed by atoms with van der Waals surface area (Å²) in [6.07, 6.45) is 0. The molecule has 0 aliphatic carbocycles. The lowest BCUT2D eigenvalue weighted by atomic mass is 10.2. The van der Waals surface area contributed by atoms with Gasteiger partial charge >= 0.3 is 5.97 Å². The smallest absolute Gasteiger partial charge is 0.323 e. The topological polar surface area (TPSA) is 92.9 Å². The number of aliphatic carboxylic acids is 1. The lowest BCUT2D eigenvalue weighted by molar-refractivity contribution is -0.137. The minimum absolute atomic E-state index is 0.215. The van der Waals surface area contributed by atoms with E-state index in [1.807, 2.05) is 6.92 Å². The van der Waals surface area contributed by atoms with Crippen LogP contribution in [0.5, 0.6) is 5.75 Å². The number of carboxylic acid groups (broad SMARTS) is 1. The molecule has 0 aliphatic rings. The van der Waals surface area contributed by atoms with Gasteiger partial charge in [0.05, 0.1) is 10.2 Å². The monoisotopic (exact) mass is 396 g/mol. The highest BCUT2D eigenvalue weighted by atomic mass is 79.9. The number of amides is 1. The first-order chi connectivity index (χ1) is 11.4. The molecule has 7 nitrogen and oxygen atoms in total. The van der Waals surface area contributed by atoms with Gasteiger partial charge in [-0.1, -0.05) is 5.16 Å². The molecule has 8 heteroatoms. The SMILES string of the molecule is CCN(CC(=O)O)C(=O)c1ccc(OCc2cc(C)no2)c(Br)c1. The van der Waals surface area contributed by atoms with E-state index in [4.69, 9.17) is 14.4 Å². The quantitative estimate of drug-likeness (QED) is 0.773. The van der Waals surface area contributed by atoms with Gasteiger partial charge in [-0.25, -0.2) is 0 Å². The van der Waals surface area contributed by atoms with Crippen LogP contribution in [0.2, 0.25) is 0 Å². The zero-order valence-electron chi connectivity index (χ0n) is 13.3. The van der Waals surface area contributed by atoms with E-state index in [0.717, 1.165) is 5.69 Å². The zero-order chi connectivity index (χ0) is 17.7. The Balaban J connectivity index is 2.08. The molecule has 0 fully saturated rings. The van der Waals surface area contributed by atoms with Crippen molar-refractivity contribution in [2.45, 2.75) is 20.5 Å². The molecule has 1 heterocycles. The van der Waals surface area contributed by atoms with Crippen molar-refractivity contribution in [3.63, 3.8) is 0 Å². The first-order valence-corrected chi connectivity index (χ1v) is 8.05. The van der Waals surface area contributed by atoms with Crippen LogP contribution in [0, 0.1) is 6.92 Å². The van der Waals surface area contributed by atoms with E-state index in [9.17, 15) is 9.59 Å². The van der Waals surface area contributed by atoms with Gasteiger partial charge in [0.25, 0.3) is 5.91 Å². The molecule has 0 spiro atoms. The van der Waals surface area contributed by atoms with E-state index in [1.54, 1.807) is 31.2 Å². The average Bonchev–Trinajstić information content (AvgIpc) is 2.96. The van der Waals surface area contributed by atoms with Crippen LogP contribution in [0.4, 0.5) is 0 Å². The van der Waals surface area contributed by atoms with Gasteiger partial charge in [0.1, 0.15) is 18.9 Å². The summed E-state index contributed by atoms with van der Waals surface area (Å²) < 4.78 is 11.3. The fourth-order valence-electron chi connectivity index (χ4n) is 2.06. The lowest BCUT2D eigenvalue weighted by Crippen LogP contribution is -2.35. The van der Waals surface area contributed by atoms with Gasteiger partial charge in [-0.05, 0) is 48.0 Å². The number of rotatable bonds is 7. The molecule has 0 unspecified atom stereocenters. The minimum Gasteiger partial charge on any atom is -0.484 e. The van der Waals surface area contributed by atoms with Gasteiger partial charge in [0.15, 0.2) is 5.76 Å². The van der Waals surface area contributed by atoms with E-state index in [-0.39, 0.29) is 19.1 Å². The number of nitrogens with zero attached hydrogens (tertiary/aromatic N) is 2. The van der Waals surface area contributed by atoms with E-state index >= 15 is 0 Å². The predicted octanol–water partition coefficient (Wildman–Crippen LogP) is 2.87. The first kappa shape index (κ1) is 18.0. The van der Waals surface area contributed by atoms with Gasteiger partial charge in [-0.2, -0.15) is 0 Å². The van der Waals surface area contributed by atoms with Crippen molar-refractivity contribution < 1.29 is 24.0 Å². The van der Waals surface area contributed by atoms with Crippen LogP contribution in [0.3, 0.4) is 0 Å². The minimum atomic E-state index is -1.05. The maximum absolute atomic E-state index is 12.3. The number of ether oxygens (including phenoxy) is 1. The first-order valence-electron chi connectivity index (χ1n) is 7.26. The molecule has 0 aliphatic heterocycles. The number of hydrogen-bond donors (Lipinski definition) is 1. The highest BCUT2D eigenvalue weighted by Crippen LogP contribution is 2.27. The van der Waals surface area contributed by atoms with Crippen LogP contribution in [0.25, 0.3) is 0 Å². The third-order valence-electron chi connectivity index (χ3n) is 3.22. The average molecular weight is 397 g/mol. The molecule has 0 bridgehead atoms. The van der Waals surface area contributed by atoms with E-state index in [0.29, 0.717) is 28.1 Å². The van der Waals surface area contributed by atoms with Crippen LogP contribution >= 0.6 is 15.9 Å². The summed E-state index contributed by atoms with van der Waals surface area (Å²) in [6.45, 7) is 3.74. The number of carbonyl (C=O) groups is 2. The van der Waals surface area contributed by atoms with Crippen molar-refractivity contribution >= 4 is 27.8 Å².